The van der Waals surface area contributed by atoms with Crippen LogP contribution in [0.4, 0.5) is 14.5 Å². The monoisotopic (exact) mass is 586 g/mol. The Balaban J connectivity index is 1.66. The molecular weight excluding hydrogens is 562 g/mol. The summed E-state index contributed by atoms with van der Waals surface area (Å²) in [5, 5.41) is 8.40. The largest absolute Gasteiger partial charge is 0.399 e. The zero-order valence-electron chi connectivity index (χ0n) is 22.5. The average molecular weight is 587 g/mol. The maximum atomic E-state index is 14.8. The molecule has 4 aromatic heterocycles. The van der Waals surface area contributed by atoms with Crippen LogP contribution in [0.1, 0.15) is 11.1 Å². The summed E-state index contributed by atoms with van der Waals surface area (Å²) < 4.78 is 31.8. The Morgan fingerprint density at radius 1 is 0.929 bits per heavy atom. The van der Waals surface area contributed by atoms with Gasteiger partial charge in [-0.1, -0.05) is 18.2 Å². The number of aromatic nitrogens is 6. The van der Waals surface area contributed by atoms with E-state index in [1.165, 1.54) is 51.4 Å². The van der Waals surface area contributed by atoms with Crippen LogP contribution in [-0.2, 0) is 13.1 Å². The fourth-order valence-corrected chi connectivity index (χ4v) is 6.07. The summed E-state index contributed by atoms with van der Waals surface area (Å²) in [5.41, 5.74) is 6.79. The Morgan fingerprint density at radius 2 is 1.62 bits per heavy atom. The van der Waals surface area contributed by atoms with E-state index >= 15 is 0 Å². The molecule has 0 fully saturated rings. The molecule has 0 aliphatic heterocycles. The van der Waals surface area contributed by atoms with Gasteiger partial charge in [0, 0.05) is 22.7 Å². The van der Waals surface area contributed by atoms with Crippen molar-refractivity contribution in [2.75, 3.05) is 19.8 Å². The van der Waals surface area contributed by atoms with Crippen LogP contribution in [0, 0.1) is 11.6 Å². The molecule has 0 saturated heterocycles. The number of rotatable bonds is 7. The number of nitrogen functional groups attached to an aromatic ring is 1. The number of hydrogen-bond acceptors (Lipinski definition) is 8. The second kappa shape index (κ2) is 10.8. The number of anilines is 1. The van der Waals surface area contributed by atoms with Crippen molar-refractivity contribution in [3.05, 3.63) is 117 Å². The molecule has 2 N–H and O–H groups in total. The van der Waals surface area contributed by atoms with Crippen LogP contribution in [0.15, 0.2) is 82.8 Å². The molecule has 13 heteroatoms. The summed E-state index contributed by atoms with van der Waals surface area (Å²) in [6, 6.07) is 13.8. The van der Waals surface area contributed by atoms with Gasteiger partial charge in [0.25, 0.3) is 5.56 Å². The highest BCUT2D eigenvalue weighted by Gasteiger charge is 2.25. The molecule has 0 aliphatic carbocycles. The Hall–Kier alpha value is -5.01. The molecule has 0 bridgehead atoms. The van der Waals surface area contributed by atoms with E-state index in [1.54, 1.807) is 18.2 Å². The lowest BCUT2D eigenvalue weighted by Gasteiger charge is -2.14. The molecule has 0 saturated carbocycles. The topological polar surface area (TPSA) is 117 Å². The van der Waals surface area contributed by atoms with E-state index in [-0.39, 0.29) is 16.8 Å². The van der Waals surface area contributed by atoms with E-state index in [9.17, 15) is 18.4 Å². The van der Waals surface area contributed by atoms with E-state index in [2.05, 4.69) is 15.2 Å². The van der Waals surface area contributed by atoms with Crippen LogP contribution in [0.5, 0.6) is 0 Å². The maximum absolute atomic E-state index is 14.8. The van der Waals surface area contributed by atoms with Crippen molar-refractivity contribution in [2.45, 2.75) is 13.1 Å². The number of nitrogens with two attached hydrogens (primary N) is 1. The lowest BCUT2D eigenvalue weighted by Crippen LogP contribution is -2.39. The van der Waals surface area contributed by atoms with Crippen LogP contribution in [0.2, 0.25) is 0 Å². The normalized spacial score (nSPS) is 11.5. The minimum atomic E-state index is -0.800. The van der Waals surface area contributed by atoms with Gasteiger partial charge in [-0.25, -0.2) is 23.1 Å². The number of benzene rings is 2. The van der Waals surface area contributed by atoms with E-state index < -0.39 is 29.4 Å². The minimum absolute atomic E-state index is 0.0431. The molecule has 0 amide bonds. The summed E-state index contributed by atoms with van der Waals surface area (Å²) in [4.78, 5) is 36.9. The Bertz CT molecular complexity index is 2010. The third kappa shape index (κ3) is 4.78. The second-order valence-corrected chi connectivity index (χ2v) is 10.9. The third-order valence-corrected chi connectivity index (χ3v) is 8.01. The van der Waals surface area contributed by atoms with Gasteiger partial charge in [-0.3, -0.25) is 9.36 Å². The van der Waals surface area contributed by atoms with Gasteiger partial charge in [-0.15, -0.1) is 11.3 Å². The quantitative estimate of drug-likeness (QED) is 0.283. The first kappa shape index (κ1) is 27.2. The van der Waals surface area contributed by atoms with Crippen molar-refractivity contribution in [3.8, 4) is 21.9 Å². The van der Waals surface area contributed by atoms with Gasteiger partial charge in [-0.05, 0) is 61.6 Å². The van der Waals surface area contributed by atoms with Crippen molar-refractivity contribution >= 4 is 27.2 Å². The molecule has 6 aromatic rings. The van der Waals surface area contributed by atoms with Gasteiger partial charge in [0.1, 0.15) is 28.0 Å². The zero-order chi connectivity index (χ0) is 29.5. The number of hydrogen-bond donors (Lipinski definition) is 1. The average Bonchev–Trinajstić information content (AvgIpc) is 3.62. The fraction of sp³-hybridized carbons (Fsp3) is 0.138. The summed E-state index contributed by atoms with van der Waals surface area (Å²) in [6.07, 6.45) is 4.45. The van der Waals surface area contributed by atoms with Gasteiger partial charge in [0.15, 0.2) is 0 Å². The van der Waals surface area contributed by atoms with Crippen molar-refractivity contribution in [1.82, 2.24) is 34.0 Å². The molecule has 0 unspecified atom stereocenters. The Morgan fingerprint density at radius 3 is 2.24 bits per heavy atom. The molecule has 42 heavy (non-hydrogen) atoms. The van der Waals surface area contributed by atoms with Crippen LogP contribution in [0.25, 0.3) is 32.2 Å². The molecule has 0 atom stereocenters. The Labute approximate surface area is 241 Å². The van der Waals surface area contributed by atoms with Gasteiger partial charge in [0.05, 0.1) is 30.5 Å². The lowest BCUT2D eigenvalue weighted by atomic mass is 10.1. The number of halogens is 2. The van der Waals surface area contributed by atoms with E-state index in [4.69, 9.17) is 5.73 Å². The first-order valence-corrected chi connectivity index (χ1v) is 13.6. The van der Waals surface area contributed by atoms with Crippen LogP contribution in [-0.4, -0.2) is 48.1 Å². The Kier molecular flexibility index (Phi) is 6.96. The summed E-state index contributed by atoms with van der Waals surface area (Å²) >= 11 is 1.21. The highest BCUT2D eigenvalue weighted by Crippen LogP contribution is 2.38. The summed E-state index contributed by atoms with van der Waals surface area (Å²) in [6.45, 7) is -0.0783. The highest BCUT2D eigenvalue weighted by molar-refractivity contribution is 7.22. The predicted molar refractivity (Wildman–Crippen MR) is 157 cm³/mol. The van der Waals surface area contributed by atoms with Crippen LogP contribution < -0.4 is 17.0 Å². The molecule has 0 aliphatic rings. The SMILES string of the molecule is CN(C)Cc1c(-c2ccc(N)cc2)sc2c1c(=O)n(-c1ccc(-n3nccn3)cn1)c(=O)n2Cc1c(F)cccc1F. The van der Waals surface area contributed by atoms with E-state index in [0.29, 0.717) is 28.3 Å². The minimum Gasteiger partial charge on any atom is -0.399 e. The predicted octanol–water partition coefficient (Wildman–Crippen LogP) is 3.83. The number of pyridine rings is 1. The zero-order valence-corrected chi connectivity index (χ0v) is 23.3. The molecule has 10 nitrogen and oxygen atoms in total. The van der Waals surface area contributed by atoms with Gasteiger partial charge in [-0.2, -0.15) is 15.0 Å². The van der Waals surface area contributed by atoms with Crippen molar-refractivity contribution in [3.63, 3.8) is 0 Å². The molecular formula is C29H24F2N8O2S. The smallest absolute Gasteiger partial charge is 0.338 e. The first-order valence-electron chi connectivity index (χ1n) is 12.8. The number of fused-ring (bicyclic) bond motifs is 1. The van der Waals surface area contributed by atoms with Crippen LogP contribution >= 0.6 is 11.3 Å². The first-order chi connectivity index (χ1) is 20.2. The summed E-state index contributed by atoms with van der Waals surface area (Å²) in [7, 11) is 3.73. The number of thiophene rings is 1. The van der Waals surface area contributed by atoms with Crippen molar-refractivity contribution < 1.29 is 8.78 Å². The van der Waals surface area contributed by atoms with E-state index in [0.717, 1.165) is 27.1 Å². The van der Waals surface area contributed by atoms with Crippen molar-refractivity contribution in [1.29, 1.82) is 0 Å². The molecule has 0 radical (unpaired) electrons. The molecule has 4 heterocycles. The third-order valence-electron chi connectivity index (χ3n) is 6.71. The fourth-order valence-electron chi connectivity index (χ4n) is 4.76. The molecule has 212 valence electrons. The second-order valence-electron chi connectivity index (χ2n) is 9.85. The van der Waals surface area contributed by atoms with Gasteiger partial charge < -0.3 is 10.6 Å². The van der Waals surface area contributed by atoms with E-state index in [1.807, 2.05) is 31.1 Å². The molecule has 0 spiro atoms. The summed E-state index contributed by atoms with van der Waals surface area (Å²) in [5.74, 6) is -1.56. The standard InChI is InChI=1S/C29H24F2N8O2S/c1-36(2)15-21-25-27(40)38(24-11-10-19(14-33-24)39-34-12-13-35-39)29(41)37(16-20-22(30)4-3-5-23(20)31)28(25)42-26(21)17-6-8-18(32)9-7-17/h3-14H,15-16,32H2,1-2H3. The molecule has 2 aromatic carbocycles. The number of nitrogens with zero attached hydrogens (tertiary/aromatic N) is 7. The highest BCUT2D eigenvalue weighted by atomic mass is 32.1. The van der Waals surface area contributed by atoms with Gasteiger partial charge >= 0.3 is 5.69 Å². The van der Waals surface area contributed by atoms with Crippen LogP contribution in [0.3, 0.4) is 0 Å². The lowest BCUT2D eigenvalue weighted by molar-refractivity contribution is 0.405. The maximum Gasteiger partial charge on any atom is 0.338 e. The van der Waals surface area contributed by atoms with Gasteiger partial charge in [0.2, 0.25) is 0 Å². The van der Waals surface area contributed by atoms with Crippen molar-refractivity contribution in [2.24, 2.45) is 0 Å². The molecule has 6 rings (SSSR count).